The quantitative estimate of drug-likeness (QED) is 0.305. The van der Waals surface area contributed by atoms with Gasteiger partial charge < -0.3 is 18.9 Å². The van der Waals surface area contributed by atoms with Crippen LogP contribution in [0.25, 0.3) is 11.8 Å². The van der Waals surface area contributed by atoms with Crippen LogP contribution < -0.4 is 24.4 Å². The number of hydrogen-bond donors (Lipinski definition) is 0. The molecule has 1 amide bonds. The molecule has 2 aromatic carbocycles. The zero-order chi connectivity index (χ0) is 30.1. The van der Waals surface area contributed by atoms with Crippen LogP contribution in [0.4, 0.5) is 0 Å². The predicted octanol–water partition coefficient (Wildman–Crippen LogP) is 4.53. The molecule has 0 saturated carbocycles. The highest BCUT2D eigenvalue weighted by atomic mass is 32.1. The maximum atomic E-state index is 14.3. The van der Waals surface area contributed by atoms with Gasteiger partial charge in [-0.25, -0.2) is 4.99 Å². The number of aryl methyl sites for hydroxylation is 1. The van der Waals surface area contributed by atoms with Crippen LogP contribution in [0.15, 0.2) is 75.7 Å². The summed E-state index contributed by atoms with van der Waals surface area (Å²) in [7, 11) is 3.17. The Morgan fingerprint density at radius 3 is 2.38 bits per heavy atom. The maximum Gasteiger partial charge on any atom is 0.271 e. The lowest BCUT2D eigenvalue weighted by molar-refractivity contribution is -0.127. The molecule has 5 rings (SSSR count). The number of nitrogens with zero attached hydrogens (tertiary/aromatic N) is 4. The van der Waals surface area contributed by atoms with E-state index in [4.69, 9.17) is 14.5 Å². The van der Waals surface area contributed by atoms with Crippen molar-refractivity contribution < 1.29 is 14.3 Å². The van der Waals surface area contributed by atoms with E-state index >= 15 is 0 Å². The Morgan fingerprint density at radius 1 is 1.02 bits per heavy atom. The van der Waals surface area contributed by atoms with Crippen molar-refractivity contribution >= 4 is 23.3 Å². The van der Waals surface area contributed by atoms with Gasteiger partial charge in [-0.2, -0.15) is 0 Å². The number of likely N-dealkylation sites (N-methyl/N-ethyl adjacent to an activating group) is 1. The number of ether oxygens (including phenoxy) is 2. The molecule has 9 heteroatoms. The Morgan fingerprint density at radius 2 is 1.74 bits per heavy atom. The first-order valence-electron chi connectivity index (χ1n) is 14.0. The van der Waals surface area contributed by atoms with E-state index < -0.39 is 6.04 Å². The highest BCUT2D eigenvalue weighted by Gasteiger charge is 2.36. The Hall–Kier alpha value is -4.37. The average molecular weight is 585 g/mol. The van der Waals surface area contributed by atoms with E-state index in [9.17, 15) is 9.59 Å². The van der Waals surface area contributed by atoms with E-state index in [1.807, 2.05) is 51.1 Å². The number of amides is 1. The highest BCUT2D eigenvalue weighted by Crippen LogP contribution is 2.38. The fourth-order valence-corrected chi connectivity index (χ4v) is 6.71. The van der Waals surface area contributed by atoms with Gasteiger partial charge in [0, 0.05) is 35.7 Å². The lowest BCUT2D eigenvalue weighted by atomic mass is 9.93. The summed E-state index contributed by atoms with van der Waals surface area (Å²) in [4.78, 5) is 35.3. The molecule has 218 valence electrons. The first-order valence-corrected chi connectivity index (χ1v) is 14.8. The molecule has 0 fully saturated rings. The lowest BCUT2D eigenvalue weighted by Crippen LogP contribution is -2.43. The van der Waals surface area contributed by atoms with Crippen LogP contribution in [0.5, 0.6) is 11.5 Å². The van der Waals surface area contributed by atoms with Crippen molar-refractivity contribution in [2.45, 2.75) is 40.7 Å². The van der Waals surface area contributed by atoms with Gasteiger partial charge in [0.2, 0.25) is 0 Å². The van der Waals surface area contributed by atoms with Gasteiger partial charge in [0.05, 0.1) is 30.0 Å². The third-order valence-corrected chi connectivity index (χ3v) is 8.79. The zero-order valence-corrected chi connectivity index (χ0v) is 25.9. The molecule has 0 saturated heterocycles. The number of carbonyl (C=O) groups excluding carboxylic acids is 1. The Bertz CT molecular complexity index is 1860. The monoisotopic (exact) mass is 584 g/mol. The number of hydrogen-bond acceptors (Lipinski definition) is 6. The van der Waals surface area contributed by atoms with Gasteiger partial charge >= 0.3 is 0 Å². The summed E-state index contributed by atoms with van der Waals surface area (Å²) in [6.45, 7) is 10.9. The van der Waals surface area contributed by atoms with Crippen LogP contribution in [0, 0.1) is 13.8 Å². The standard InChI is InChI=1S/C33H36N4O4S/c1-8-35(9-2)32(39)29-21(4)34-33-37(30(29)26-19-25(40-6)15-16-27(26)41-7)31(38)28(42-33)18-23-17-20(3)36(22(23)5)24-13-11-10-12-14-24/h10-19,30H,8-9H2,1-7H3/b28-18+/t30-/m1/s1. The average Bonchev–Trinajstić information content (AvgIpc) is 3.46. The highest BCUT2D eigenvalue weighted by molar-refractivity contribution is 7.07. The molecular formula is C33H36N4O4S. The zero-order valence-electron chi connectivity index (χ0n) is 25.1. The molecule has 0 N–H and O–H groups in total. The molecule has 1 aliphatic rings. The van der Waals surface area contributed by atoms with Gasteiger partial charge in [-0.3, -0.25) is 14.2 Å². The van der Waals surface area contributed by atoms with Gasteiger partial charge in [-0.1, -0.05) is 29.5 Å². The minimum atomic E-state index is -0.738. The second-order valence-electron chi connectivity index (χ2n) is 10.2. The van der Waals surface area contributed by atoms with Gasteiger partial charge in [0.15, 0.2) is 4.80 Å². The number of thiazole rings is 1. The first kappa shape index (κ1) is 29.1. The smallest absolute Gasteiger partial charge is 0.271 e. The van der Waals surface area contributed by atoms with Crippen LogP contribution >= 0.6 is 11.3 Å². The summed E-state index contributed by atoms with van der Waals surface area (Å²) in [5, 5.41) is 0. The van der Waals surface area contributed by atoms with Gasteiger partial charge in [0.25, 0.3) is 11.5 Å². The van der Waals surface area contributed by atoms with Crippen molar-refractivity contribution in [3.63, 3.8) is 0 Å². The van der Waals surface area contributed by atoms with Gasteiger partial charge in [-0.05, 0) is 82.7 Å². The second kappa shape index (κ2) is 11.9. The predicted molar refractivity (Wildman–Crippen MR) is 166 cm³/mol. The van der Waals surface area contributed by atoms with E-state index in [0.717, 1.165) is 22.6 Å². The Labute approximate surface area is 249 Å². The fourth-order valence-electron chi connectivity index (χ4n) is 5.67. The molecule has 1 aliphatic heterocycles. The number of fused-ring (bicyclic) bond motifs is 1. The van der Waals surface area contributed by atoms with Crippen molar-refractivity contribution in [1.29, 1.82) is 0 Å². The molecule has 42 heavy (non-hydrogen) atoms. The fraction of sp³-hybridized carbons (Fsp3) is 0.303. The number of allylic oxidation sites excluding steroid dienone is 1. The summed E-state index contributed by atoms with van der Waals surface area (Å²) in [5.74, 6) is 1.00. The number of rotatable bonds is 8. The summed E-state index contributed by atoms with van der Waals surface area (Å²) in [6, 6.07) is 16.9. The molecule has 0 spiro atoms. The third kappa shape index (κ3) is 4.98. The number of methoxy groups -OCH3 is 2. The molecule has 0 radical (unpaired) electrons. The van der Waals surface area contributed by atoms with E-state index in [1.54, 1.807) is 35.8 Å². The minimum absolute atomic E-state index is 0.156. The Balaban J connectivity index is 1.76. The number of carbonyl (C=O) groups is 1. The molecule has 4 aromatic rings. The van der Waals surface area contributed by atoms with E-state index in [1.165, 1.54) is 11.3 Å². The van der Waals surface area contributed by atoms with Crippen LogP contribution in [0.1, 0.15) is 49.3 Å². The summed E-state index contributed by atoms with van der Waals surface area (Å²) in [5.41, 5.74) is 5.60. The van der Waals surface area contributed by atoms with Crippen molar-refractivity contribution in [3.8, 4) is 17.2 Å². The number of para-hydroxylation sites is 1. The molecule has 0 aliphatic carbocycles. The number of benzene rings is 2. The molecular weight excluding hydrogens is 548 g/mol. The second-order valence-corrected chi connectivity index (χ2v) is 11.2. The minimum Gasteiger partial charge on any atom is -0.497 e. The maximum absolute atomic E-state index is 14.3. The summed E-state index contributed by atoms with van der Waals surface area (Å²) in [6.07, 6.45) is 1.93. The van der Waals surface area contributed by atoms with E-state index in [-0.39, 0.29) is 11.5 Å². The van der Waals surface area contributed by atoms with Gasteiger partial charge in [-0.15, -0.1) is 0 Å². The third-order valence-electron chi connectivity index (χ3n) is 7.81. The normalized spacial score (nSPS) is 14.9. The SMILES string of the molecule is CCN(CC)C(=O)C1=C(C)N=c2s/c(=C/c3cc(C)n(-c4ccccc4)c3C)c(=O)n2[C@@H]1c1cc(OC)ccc1OC. The van der Waals surface area contributed by atoms with E-state index in [0.29, 0.717) is 50.8 Å². The van der Waals surface area contributed by atoms with Crippen molar-refractivity contribution in [2.75, 3.05) is 27.3 Å². The van der Waals surface area contributed by atoms with Gasteiger partial charge in [0.1, 0.15) is 17.5 Å². The van der Waals surface area contributed by atoms with Crippen LogP contribution in [0.3, 0.4) is 0 Å². The first-order chi connectivity index (χ1) is 20.2. The van der Waals surface area contributed by atoms with Crippen LogP contribution in [-0.2, 0) is 4.79 Å². The molecule has 0 bridgehead atoms. The van der Waals surface area contributed by atoms with E-state index in [2.05, 4.69) is 36.6 Å². The molecule has 0 unspecified atom stereocenters. The topological polar surface area (TPSA) is 78.1 Å². The van der Waals surface area contributed by atoms with Crippen molar-refractivity contribution in [3.05, 3.63) is 108 Å². The summed E-state index contributed by atoms with van der Waals surface area (Å²) >= 11 is 1.32. The van der Waals surface area contributed by atoms with Crippen LogP contribution in [-0.4, -0.2) is 47.3 Å². The molecule has 2 aromatic heterocycles. The van der Waals surface area contributed by atoms with Crippen molar-refractivity contribution in [1.82, 2.24) is 14.0 Å². The molecule has 1 atom stereocenters. The van der Waals surface area contributed by atoms with Crippen LogP contribution in [0.2, 0.25) is 0 Å². The molecule has 8 nitrogen and oxygen atoms in total. The van der Waals surface area contributed by atoms with Crippen molar-refractivity contribution in [2.24, 2.45) is 4.99 Å². The number of aromatic nitrogens is 2. The largest absolute Gasteiger partial charge is 0.497 e. The lowest BCUT2D eigenvalue weighted by Gasteiger charge is -2.30. The molecule has 3 heterocycles. The summed E-state index contributed by atoms with van der Waals surface area (Å²) < 4.78 is 15.6. The Kier molecular flexibility index (Phi) is 8.22.